The van der Waals surface area contributed by atoms with Gasteiger partial charge in [0, 0.05) is 42.5 Å². The van der Waals surface area contributed by atoms with E-state index >= 15 is 0 Å². The van der Waals surface area contributed by atoms with Crippen LogP contribution in [0.2, 0.25) is 0 Å². The number of nitrogens with zero attached hydrogens (tertiary/aromatic N) is 3. The molecular weight excluding hydrogens is 385 g/mol. The molecule has 0 atom stereocenters. The minimum atomic E-state index is -4.57. The van der Waals surface area contributed by atoms with Crippen molar-refractivity contribution < 1.29 is 17.6 Å². The van der Waals surface area contributed by atoms with Gasteiger partial charge in [0.2, 0.25) is 11.7 Å². The average Bonchev–Trinajstić information content (AvgIpc) is 3.09. The summed E-state index contributed by atoms with van der Waals surface area (Å²) in [6, 6.07) is 8.50. The van der Waals surface area contributed by atoms with Crippen molar-refractivity contribution in [2.24, 2.45) is 0 Å². The number of halogens is 3. The van der Waals surface area contributed by atoms with Gasteiger partial charge in [-0.15, -0.1) is 0 Å². The van der Waals surface area contributed by atoms with Crippen LogP contribution in [0.25, 0.3) is 11.3 Å². The van der Waals surface area contributed by atoms with Crippen LogP contribution in [-0.4, -0.2) is 16.5 Å². The summed E-state index contributed by atoms with van der Waals surface area (Å²) in [5.74, 6) is -0.560. The SMILES string of the molecule is CCc1cc(CNc2ncc3c(n2)-c2ccccc2N([O-])CC3)c(C(F)(F)F)o1. The van der Waals surface area contributed by atoms with Gasteiger partial charge in [0.25, 0.3) is 0 Å². The van der Waals surface area contributed by atoms with E-state index in [1.165, 1.54) is 6.07 Å². The molecule has 1 aliphatic rings. The maximum Gasteiger partial charge on any atom is 0.449 e. The number of hydrogen-bond acceptors (Lipinski definition) is 6. The second-order valence-corrected chi connectivity index (χ2v) is 6.71. The van der Waals surface area contributed by atoms with Gasteiger partial charge in [-0.2, -0.15) is 13.2 Å². The van der Waals surface area contributed by atoms with Gasteiger partial charge in [-0.25, -0.2) is 9.97 Å². The van der Waals surface area contributed by atoms with Gasteiger partial charge in [-0.3, -0.25) is 0 Å². The number of alkyl halides is 3. The Morgan fingerprint density at radius 1 is 1.28 bits per heavy atom. The third-order valence-electron chi connectivity index (χ3n) is 4.78. The Morgan fingerprint density at radius 2 is 2.07 bits per heavy atom. The summed E-state index contributed by atoms with van der Waals surface area (Å²) >= 11 is 0. The number of hydrogen-bond donors (Lipinski definition) is 1. The molecule has 0 saturated heterocycles. The summed E-state index contributed by atoms with van der Waals surface area (Å²) in [6.45, 7) is 1.87. The summed E-state index contributed by atoms with van der Waals surface area (Å²) in [4.78, 5) is 8.69. The fourth-order valence-electron chi connectivity index (χ4n) is 3.35. The summed E-state index contributed by atoms with van der Waals surface area (Å²) in [6.07, 6.45) is -2.12. The number of furan rings is 1. The van der Waals surface area contributed by atoms with E-state index in [1.54, 1.807) is 31.3 Å². The largest absolute Gasteiger partial charge is 0.758 e. The molecule has 4 rings (SSSR count). The van der Waals surface area contributed by atoms with Crippen LogP contribution in [-0.2, 0) is 25.6 Å². The highest BCUT2D eigenvalue weighted by Crippen LogP contribution is 2.36. The number of benzene rings is 1. The fraction of sp³-hybridized carbons (Fsp3) is 0.300. The van der Waals surface area contributed by atoms with Crippen LogP contribution in [0.4, 0.5) is 24.8 Å². The van der Waals surface area contributed by atoms with Crippen molar-refractivity contribution in [2.75, 3.05) is 16.9 Å². The maximum absolute atomic E-state index is 13.2. The van der Waals surface area contributed by atoms with Gasteiger partial charge in [-0.05, 0) is 24.1 Å². The van der Waals surface area contributed by atoms with E-state index in [1.807, 2.05) is 6.07 Å². The van der Waals surface area contributed by atoms with Crippen molar-refractivity contribution in [1.82, 2.24) is 9.97 Å². The van der Waals surface area contributed by atoms with Crippen molar-refractivity contribution in [3.63, 3.8) is 0 Å². The third-order valence-corrected chi connectivity index (χ3v) is 4.78. The number of nitrogens with one attached hydrogen (secondary N) is 1. The first-order valence-corrected chi connectivity index (χ1v) is 9.19. The predicted octanol–water partition coefficient (Wildman–Crippen LogP) is 4.79. The number of anilines is 2. The first-order valence-electron chi connectivity index (χ1n) is 9.19. The lowest BCUT2D eigenvalue weighted by Crippen LogP contribution is -2.16. The molecule has 29 heavy (non-hydrogen) atoms. The van der Waals surface area contributed by atoms with Crippen LogP contribution < -0.4 is 10.4 Å². The van der Waals surface area contributed by atoms with Gasteiger partial charge < -0.3 is 20.0 Å². The summed E-state index contributed by atoms with van der Waals surface area (Å²) in [7, 11) is 0. The molecule has 3 heterocycles. The molecule has 1 aliphatic heterocycles. The normalized spacial score (nSPS) is 13.6. The summed E-state index contributed by atoms with van der Waals surface area (Å²) in [5.41, 5.74) is 2.60. The minimum Gasteiger partial charge on any atom is -0.758 e. The highest BCUT2D eigenvalue weighted by atomic mass is 19.4. The first kappa shape index (κ1) is 19.3. The summed E-state index contributed by atoms with van der Waals surface area (Å²) in [5, 5.41) is 16.0. The van der Waals surface area contributed by atoms with Crippen LogP contribution in [0.3, 0.4) is 0 Å². The maximum atomic E-state index is 13.2. The molecule has 152 valence electrons. The Kier molecular flexibility index (Phi) is 4.91. The highest BCUT2D eigenvalue weighted by Gasteiger charge is 2.38. The van der Waals surface area contributed by atoms with Gasteiger partial charge >= 0.3 is 6.18 Å². The number of hydroxylamine groups is 1. The van der Waals surface area contributed by atoms with E-state index in [0.29, 0.717) is 29.8 Å². The highest BCUT2D eigenvalue weighted by molar-refractivity contribution is 5.80. The molecule has 9 heteroatoms. The molecular formula is C20H18F3N4O2-. The molecule has 0 radical (unpaired) electrons. The van der Waals surface area contributed by atoms with Gasteiger partial charge in [-0.1, -0.05) is 25.1 Å². The van der Waals surface area contributed by atoms with Crippen LogP contribution in [0.1, 0.15) is 29.6 Å². The van der Waals surface area contributed by atoms with Gasteiger partial charge in [0.15, 0.2) is 0 Å². The van der Waals surface area contributed by atoms with E-state index in [4.69, 9.17) is 4.42 Å². The van der Waals surface area contributed by atoms with E-state index in [0.717, 1.165) is 10.6 Å². The molecule has 0 fully saturated rings. The summed E-state index contributed by atoms with van der Waals surface area (Å²) < 4.78 is 44.6. The Hall–Kier alpha value is -3.07. The molecule has 0 saturated carbocycles. The predicted molar refractivity (Wildman–Crippen MR) is 102 cm³/mol. The van der Waals surface area contributed by atoms with Crippen LogP contribution >= 0.6 is 0 Å². The van der Waals surface area contributed by atoms with Crippen LogP contribution in [0.15, 0.2) is 40.9 Å². The fourth-order valence-corrected chi connectivity index (χ4v) is 3.35. The van der Waals surface area contributed by atoms with Crippen molar-refractivity contribution >= 4 is 11.6 Å². The van der Waals surface area contributed by atoms with E-state index in [2.05, 4.69) is 15.3 Å². The second-order valence-electron chi connectivity index (χ2n) is 6.71. The lowest BCUT2D eigenvalue weighted by molar-refractivity contribution is -0.154. The zero-order valence-electron chi connectivity index (χ0n) is 15.6. The number of rotatable bonds is 4. The lowest BCUT2D eigenvalue weighted by Gasteiger charge is -2.30. The quantitative estimate of drug-likeness (QED) is 0.675. The zero-order chi connectivity index (χ0) is 20.6. The standard InChI is InChI=1S/C20H18F3N4O2/c1-2-14-9-13(18(29-14)20(21,22)23)11-25-19-24-10-12-7-8-27(28)16-6-4-3-5-15(16)17(12)26-19/h3-6,9-10H,2,7-8,11H2,1H3,(H,24,25,26)/q-1. The zero-order valence-corrected chi connectivity index (χ0v) is 15.6. The Balaban J connectivity index is 1.64. The molecule has 3 aromatic rings. The molecule has 0 amide bonds. The number of para-hydroxylation sites is 1. The smallest absolute Gasteiger partial charge is 0.449 e. The second kappa shape index (κ2) is 7.40. The van der Waals surface area contributed by atoms with Crippen molar-refractivity contribution in [1.29, 1.82) is 0 Å². The molecule has 0 unspecified atom stereocenters. The molecule has 0 spiro atoms. The minimum absolute atomic E-state index is 0.000901. The Bertz CT molecular complexity index is 1030. The monoisotopic (exact) mass is 403 g/mol. The first-order chi connectivity index (χ1) is 13.9. The van der Waals surface area contributed by atoms with E-state index in [-0.39, 0.29) is 30.4 Å². The molecule has 0 bridgehead atoms. The van der Waals surface area contributed by atoms with Crippen molar-refractivity contribution in [2.45, 2.75) is 32.5 Å². The van der Waals surface area contributed by atoms with Gasteiger partial charge in [0.1, 0.15) is 5.76 Å². The van der Waals surface area contributed by atoms with Crippen LogP contribution in [0.5, 0.6) is 0 Å². The average molecular weight is 403 g/mol. The molecule has 2 aromatic heterocycles. The Labute approximate surface area is 165 Å². The van der Waals surface area contributed by atoms with Crippen LogP contribution in [0, 0.1) is 5.21 Å². The van der Waals surface area contributed by atoms with Crippen molar-refractivity contribution in [3.05, 3.63) is 64.4 Å². The van der Waals surface area contributed by atoms with E-state index < -0.39 is 11.9 Å². The molecule has 0 aliphatic carbocycles. The Morgan fingerprint density at radius 3 is 2.83 bits per heavy atom. The number of aryl methyl sites for hydroxylation is 1. The topological polar surface area (TPSA) is 77.2 Å². The number of aromatic nitrogens is 2. The number of fused-ring (bicyclic) bond motifs is 3. The lowest BCUT2D eigenvalue weighted by atomic mass is 10.1. The molecule has 6 nitrogen and oxygen atoms in total. The molecule has 1 N–H and O–H groups in total. The van der Waals surface area contributed by atoms with E-state index in [9.17, 15) is 18.4 Å². The van der Waals surface area contributed by atoms with Gasteiger partial charge in [0.05, 0.1) is 5.69 Å². The third kappa shape index (κ3) is 3.77. The van der Waals surface area contributed by atoms with Crippen molar-refractivity contribution in [3.8, 4) is 11.3 Å². The molecule has 1 aromatic carbocycles.